The molecular formula is C18H25NO4. The maximum atomic E-state index is 12.7. The number of carboxylic acids is 1. The van der Waals surface area contributed by atoms with Gasteiger partial charge in [-0.15, -0.1) is 0 Å². The van der Waals surface area contributed by atoms with Gasteiger partial charge in [0.05, 0.1) is 5.41 Å². The van der Waals surface area contributed by atoms with Gasteiger partial charge >= 0.3 is 11.9 Å². The molecule has 1 aliphatic carbocycles. The largest absolute Gasteiger partial charge is 0.481 e. The number of hydrogen-bond acceptors (Lipinski definition) is 4. The molecular weight excluding hydrogens is 294 g/mol. The summed E-state index contributed by atoms with van der Waals surface area (Å²) < 4.78 is 5.56. The summed E-state index contributed by atoms with van der Waals surface area (Å²) in [6, 6.07) is 6.79. The van der Waals surface area contributed by atoms with E-state index in [0.29, 0.717) is 12.2 Å². The highest BCUT2D eigenvalue weighted by Gasteiger charge is 2.44. The van der Waals surface area contributed by atoms with Crippen molar-refractivity contribution >= 4 is 11.9 Å². The van der Waals surface area contributed by atoms with Crippen LogP contribution in [0.3, 0.4) is 0 Å². The minimum atomic E-state index is -0.823. The van der Waals surface area contributed by atoms with Crippen LogP contribution in [0.2, 0.25) is 0 Å². The molecule has 1 unspecified atom stereocenters. The van der Waals surface area contributed by atoms with Gasteiger partial charge in [0, 0.05) is 12.5 Å². The zero-order valence-corrected chi connectivity index (χ0v) is 13.6. The fourth-order valence-electron chi connectivity index (χ4n) is 3.21. The number of carboxylic acid groups (broad SMARTS) is 1. The summed E-state index contributed by atoms with van der Waals surface area (Å²) in [5, 5.41) is 8.69. The molecule has 0 aliphatic heterocycles. The van der Waals surface area contributed by atoms with Crippen molar-refractivity contribution in [2.24, 2.45) is 11.1 Å². The van der Waals surface area contributed by atoms with Crippen LogP contribution in [-0.4, -0.2) is 23.1 Å². The first kappa shape index (κ1) is 17.5. The maximum absolute atomic E-state index is 12.7. The van der Waals surface area contributed by atoms with E-state index >= 15 is 0 Å². The first-order chi connectivity index (χ1) is 10.9. The molecule has 126 valence electrons. The second-order valence-corrected chi connectivity index (χ2v) is 6.43. The van der Waals surface area contributed by atoms with Crippen LogP contribution in [0.4, 0.5) is 0 Å². The molecule has 1 fully saturated rings. The summed E-state index contributed by atoms with van der Waals surface area (Å²) in [4.78, 5) is 23.2. The van der Waals surface area contributed by atoms with Crippen LogP contribution in [-0.2, 0) is 16.0 Å². The average Bonchev–Trinajstić information content (AvgIpc) is 2.54. The third-order valence-corrected chi connectivity index (χ3v) is 4.79. The van der Waals surface area contributed by atoms with Crippen LogP contribution in [0.15, 0.2) is 24.3 Å². The second-order valence-electron chi connectivity index (χ2n) is 6.43. The molecule has 1 aliphatic rings. The summed E-state index contributed by atoms with van der Waals surface area (Å²) >= 11 is 0. The lowest BCUT2D eigenvalue weighted by Gasteiger charge is -2.37. The Kier molecular flexibility index (Phi) is 5.77. The third kappa shape index (κ3) is 4.32. The van der Waals surface area contributed by atoms with Gasteiger partial charge in [0.1, 0.15) is 5.75 Å². The van der Waals surface area contributed by atoms with E-state index in [1.807, 2.05) is 6.92 Å². The molecule has 5 heteroatoms. The Morgan fingerprint density at radius 1 is 1.22 bits per heavy atom. The zero-order valence-electron chi connectivity index (χ0n) is 13.6. The Labute approximate surface area is 136 Å². The summed E-state index contributed by atoms with van der Waals surface area (Å²) in [7, 11) is 0. The fourth-order valence-corrected chi connectivity index (χ4v) is 3.21. The molecule has 1 saturated carbocycles. The summed E-state index contributed by atoms with van der Waals surface area (Å²) in [5.41, 5.74) is 6.42. The third-order valence-electron chi connectivity index (χ3n) is 4.79. The van der Waals surface area contributed by atoms with Crippen molar-refractivity contribution in [1.29, 1.82) is 0 Å². The van der Waals surface area contributed by atoms with Crippen LogP contribution in [0.25, 0.3) is 0 Å². The molecule has 0 radical (unpaired) electrons. The molecule has 0 amide bonds. The Balaban J connectivity index is 2.02. The second kappa shape index (κ2) is 7.59. The van der Waals surface area contributed by atoms with E-state index < -0.39 is 11.4 Å². The number of aliphatic carboxylic acids is 1. The number of ether oxygens (including phenoxy) is 1. The van der Waals surface area contributed by atoms with E-state index in [2.05, 4.69) is 0 Å². The average molecular weight is 319 g/mol. The predicted molar refractivity (Wildman–Crippen MR) is 87.2 cm³/mol. The standard InChI is InChI=1S/C18H25NO4/c1-13(19)18(11-3-2-4-12-18)17(22)23-15-8-5-14(6-9-15)7-10-16(20)21/h5-6,8-9,13H,2-4,7,10-12,19H2,1H3,(H,20,21). The number of nitrogens with two attached hydrogens (primary N) is 1. The first-order valence-corrected chi connectivity index (χ1v) is 8.23. The van der Waals surface area contributed by atoms with Crippen molar-refractivity contribution in [2.75, 3.05) is 0 Å². The van der Waals surface area contributed by atoms with Crippen LogP contribution < -0.4 is 10.5 Å². The number of esters is 1. The van der Waals surface area contributed by atoms with E-state index in [-0.39, 0.29) is 18.4 Å². The topological polar surface area (TPSA) is 89.6 Å². The molecule has 0 bridgehead atoms. The molecule has 5 nitrogen and oxygen atoms in total. The molecule has 1 aromatic carbocycles. The van der Waals surface area contributed by atoms with Gasteiger partial charge in [0.2, 0.25) is 0 Å². The van der Waals surface area contributed by atoms with Gasteiger partial charge in [-0.25, -0.2) is 0 Å². The molecule has 1 atom stereocenters. The zero-order chi connectivity index (χ0) is 16.9. The van der Waals surface area contributed by atoms with Gasteiger partial charge in [-0.1, -0.05) is 31.4 Å². The molecule has 0 aromatic heterocycles. The Bertz CT molecular complexity index is 545. The van der Waals surface area contributed by atoms with E-state index in [1.54, 1.807) is 24.3 Å². The van der Waals surface area contributed by atoms with Gasteiger partial charge < -0.3 is 15.6 Å². The first-order valence-electron chi connectivity index (χ1n) is 8.23. The summed E-state index contributed by atoms with van der Waals surface area (Å²) in [6.07, 6.45) is 5.26. The van der Waals surface area contributed by atoms with E-state index in [1.165, 1.54) is 0 Å². The molecule has 1 aromatic rings. The fraction of sp³-hybridized carbons (Fsp3) is 0.556. The minimum absolute atomic E-state index is 0.0902. The smallest absolute Gasteiger partial charge is 0.319 e. The Hall–Kier alpha value is -1.88. The highest BCUT2D eigenvalue weighted by Crippen LogP contribution is 2.40. The highest BCUT2D eigenvalue weighted by atomic mass is 16.5. The Morgan fingerprint density at radius 2 is 1.83 bits per heavy atom. The molecule has 0 spiro atoms. The monoisotopic (exact) mass is 319 g/mol. The van der Waals surface area contributed by atoms with Gasteiger partial charge in [0.25, 0.3) is 0 Å². The minimum Gasteiger partial charge on any atom is -0.481 e. The van der Waals surface area contributed by atoms with Crippen molar-refractivity contribution < 1.29 is 19.4 Å². The normalized spacial score (nSPS) is 18.2. The van der Waals surface area contributed by atoms with Gasteiger partial charge in [-0.2, -0.15) is 0 Å². The van der Waals surface area contributed by atoms with Crippen LogP contribution in [0, 0.1) is 5.41 Å². The van der Waals surface area contributed by atoms with Crippen molar-refractivity contribution in [1.82, 2.24) is 0 Å². The predicted octanol–water partition coefficient (Wildman–Crippen LogP) is 2.91. The maximum Gasteiger partial charge on any atom is 0.319 e. The lowest BCUT2D eigenvalue weighted by Crippen LogP contribution is -2.49. The van der Waals surface area contributed by atoms with Gasteiger partial charge in [-0.05, 0) is 43.9 Å². The highest BCUT2D eigenvalue weighted by molar-refractivity contribution is 5.80. The Morgan fingerprint density at radius 3 is 2.35 bits per heavy atom. The SMILES string of the molecule is CC(N)C1(C(=O)Oc2ccc(CCC(=O)O)cc2)CCCCC1. The van der Waals surface area contributed by atoms with Gasteiger partial charge in [0.15, 0.2) is 0 Å². The molecule has 0 saturated heterocycles. The van der Waals surface area contributed by atoms with Crippen molar-refractivity contribution in [3.8, 4) is 5.75 Å². The number of hydrogen-bond donors (Lipinski definition) is 2. The molecule has 0 heterocycles. The number of carbonyl (C=O) groups excluding carboxylic acids is 1. The summed E-state index contributed by atoms with van der Waals surface area (Å²) in [5.74, 6) is -0.582. The van der Waals surface area contributed by atoms with E-state index in [0.717, 1.165) is 37.7 Å². The lowest BCUT2D eigenvalue weighted by atomic mass is 9.70. The molecule has 23 heavy (non-hydrogen) atoms. The van der Waals surface area contributed by atoms with Crippen molar-refractivity contribution in [2.45, 2.75) is 57.9 Å². The van der Waals surface area contributed by atoms with Gasteiger partial charge in [-0.3, -0.25) is 9.59 Å². The van der Waals surface area contributed by atoms with Crippen LogP contribution in [0.5, 0.6) is 5.75 Å². The summed E-state index contributed by atoms with van der Waals surface area (Å²) in [6.45, 7) is 1.88. The number of carbonyl (C=O) groups is 2. The number of benzene rings is 1. The van der Waals surface area contributed by atoms with E-state index in [9.17, 15) is 9.59 Å². The van der Waals surface area contributed by atoms with Crippen LogP contribution >= 0.6 is 0 Å². The molecule has 3 N–H and O–H groups in total. The van der Waals surface area contributed by atoms with Crippen molar-refractivity contribution in [3.63, 3.8) is 0 Å². The van der Waals surface area contributed by atoms with E-state index in [4.69, 9.17) is 15.6 Å². The number of rotatable bonds is 6. The molecule has 2 rings (SSSR count). The number of aryl methyl sites for hydroxylation is 1. The quantitative estimate of drug-likeness (QED) is 0.621. The van der Waals surface area contributed by atoms with Crippen molar-refractivity contribution in [3.05, 3.63) is 29.8 Å². The lowest BCUT2D eigenvalue weighted by molar-refractivity contribution is -0.149. The van der Waals surface area contributed by atoms with Crippen LogP contribution in [0.1, 0.15) is 51.0 Å².